The molecule has 2 heterocycles. The number of rotatable bonds is 9. The number of amides is 3. The van der Waals surface area contributed by atoms with Crippen molar-refractivity contribution in [1.29, 1.82) is 0 Å². The molecule has 1 fully saturated rings. The lowest BCUT2D eigenvalue weighted by Crippen LogP contribution is -2.38. The van der Waals surface area contributed by atoms with Crippen molar-refractivity contribution in [1.82, 2.24) is 15.2 Å². The smallest absolute Gasteiger partial charge is 0.344 e. The Balaban J connectivity index is 1.37. The van der Waals surface area contributed by atoms with E-state index in [1.165, 1.54) is 0 Å². The van der Waals surface area contributed by atoms with Gasteiger partial charge in [0.15, 0.2) is 13.2 Å². The van der Waals surface area contributed by atoms with E-state index < -0.39 is 29.6 Å². The van der Waals surface area contributed by atoms with Crippen LogP contribution in [0.5, 0.6) is 5.75 Å². The molecule has 1 aliphatic rings. The number of nitrogens with zero attached hydrogens (tertiary/aromatic N) is 2. The summed E-state index contributed by atoms with van der Waals surface area (Å²) in [6.07, 6.45) is 4.78. The number of hydrogen-bond donors (Lipinski definition) is 1. The lowest BCUT2D eigenvalue weighted by atomic mass is 10.2. The quantitative estimate of drug-likeness (QED) is 0.397. The number of hydrogen-bond acceptors (Lipinski definition) is 8. The molecule has 0 unspecified atom stereocenters. The van der Waals surface area contributed by atoms with Gasteiger partial charge >= 0.3 is 5.97 Å². The number of benzene rings is 1. The molecule has 0 radical (unpaired) electrons. The lowest BCUT2D eigenvalue weighted by molar-refractivity contribution is -0.150. The Morgan fingerprint density at radius 3 is 2.78 bits per heavy atom. The Kier molecular flexibility index (Phi) is 8.40. The molecule has 0 bridgehead atoms. The molecule has 166 valence electrons. The number of carbonyl (C=O) groups excluding carboxylic acids is 4. The van der Waals surface area contributed by atoms with Crippen LogP contribution in [-0.4, -0.2) is 59.2 Å². The Hall–Kier alpha value is -3.18. The summed E-state index contributed by atoms with van der Waals surface area (Å²) in [6, 6.07) is 10.4. The third kappa shape index (κ3) is 6.92. The molecule has 1 aromatic carbocycles. The molecular weight excluding hydrogens is 502 g/mol. The summed E-state index contributed by atoms with van der Waals surface area (Å²) >= 11 is 4.12. The topological polar surface area (TPSA) is 115 Å². The number of thioether (sulfide) groups is 1. The first-order valence-electron chi connectivity index (χ1n) is 9.38. The molecule has 0 aliphatic carbocycles. The van der Waals surface area contributed by atoms with Crippen molar-refractivity contribution in [2.45, 2.75) is 0 Å². The Bertz CT molecular complexity index is 1050. The lowest BCUT2D eigenvalue weighted by Gasteiger charge is -2.13. The minimum atomic E-state index is -0.702. The van der Waals surface area contributed by atoms with E-state index in [2.05, 4.69) is 26.2 Å². The van der Waals surface area contributed by atoms with Crippen molar-refractivity contribution in [2.75, 3.05) is 26.3 Å². The van der Waals surface area contributed by atoms with Crippen LogP contribution < -0.4 is 10.1 Å². The summed E-state index contributed by atoms with van der Waals surface area (Å²) < 4.78 is 10.9. The van der Waals surface area contributed by atoms with E-state index in [9.17, 15) is 19.2 Å². The minimum Gasteiger partial charge on any atom is -0.482 e. The largest absolute Gasteiger partial charge is 0.482 e. The molecular formula is C21H18BrN3O6S. The van der Waals surface area contributed by atoms with Gasteiger partial charge in [-0.1, -0.05) is 28.1 Å². The third-order valence-corrected chi connectivity index (χ3v) is 5.43. The van der Waals surface area contributed by atoms with Crippen LogP contribution in [0.25, 0.3) is 6.08 Å². The zero-order valence-electron chi connectivity index (χ0n) is 16.7. The summed E-state index contributed by atoms with van der Waals surface area (Å²) in [5, 5.41) is 2.08. The average Bonchev–Trinajstić information content (AvgIpc) is 3.04. The van der Waals surface area contributed by atoms with Crippen molar-refractivity contribution < 1.29 is 28.7 Å². The third-order valence-electron chi connectivity index (χ3n) is 4.03. The van der Waals surface area contributed by atoms with Crippen LogP contribution in [0.4, 0.5) is 4.79 Å². The predicted molar refractivity (Wildman–Crippen MR) is 121 cm³/mol. The molecule has 2 aromatic rings. The van der Waals surface area contributed by atoms with Gasteiger partial charge in [-0.25, -0.2) is 4.79 Å². The summed E-state index contributed by atoms with van der Waals surface area (Å²) in [7, 11) is 0. The van der Waals surface area contributed by atoms with Crippen molar-refractivity contribution in [3.63, 3.8) is 0 Å². The standard InChI is InChI=1S/C21H18BrN3O6S/c22-15-4-1-5-16(10-15)30-13-19(27)31-12-18(26)24-7-8-25-20(28)17(32-21(25)29)9-14-3-2-6-23-11-14/h1-6,9-11H,7-8,12-13H2,(H,24,26)/b17-9-. The van der Waals surface area contributed by atoms with Crippen LogP contribution in [0.2, 0.25) is 0 Å². The molecule has 1 aromatic heterocycles. The fraction of sp³-hybridized carbons (Fsp3) is 0.190. The number of pyridine rings is 1. The second-order valence-corrected chi connectivity index (χ2v) is 8.29. The first-order chi connectivity index (χ1) is 15.4. The number of halogens is 1. The maximum absolute atomic E-state index is 12.4. The maximum Gasteiger partial charge on any atom is 0.344 e. The molecule has 3 rings (SSSR count). The van der Waals surface area contributed by atoms with Gasteiger partial charge in [-0.3, -0.25) is 24.3 Å². The Morgan fingerprint density at radius 1 is 1.19 bits per heavy atom. The van der Waals surface area contributed by atoms with Crippen molar-refractivity contribution in [2.24, 2.45) is 0 Å². The Morgan fingerprint density at radius 2 is 2.03 bits per heavy atom. The normalized spacial score (nSPS) is 14.5. The van der Waals surface area contributed by atoms with Gasteiger partial charge in [0.1, 0.15) is 5.75 Å². The van der Waals surface area contributed by atoms with E-state index in [0.717, 1.165) is 21.1 Å². The van der Waals surface area contributed by atoms with Gasteiger partial charge in [-0.2, -0.15) is 0 Å². The molecule has 0 atom stereocenters. The molecule has 1 saturated heterocycles. The molecule has 3 amide bonds. The average molecular weight is 520 g/mol. The van der Waals surface area contributed by atoms with E-state index in [4.69, 9.17) is 9.47 Å². The first kappa shape index (κ1) is 23.5. The van der Waals surface area contributed by atoms with Gasteiger partial charge < -0.3 is 14.8 Å². The van der Waals surface area contributed by atoms with Gasteiger partial charge in [0, 0.05) is 30.0 Å². The fourth-order valence-electron chi connectivity index (χ4n) is 2.55. The van der Waals surface area contributed by atoms with Crippen LogP contribution in [-0.2, 0) is 19.1 Å². The monoisotopic (exact) mass is 519 g/mol. The van der Waals surface area contributed by atoms with E-state index in [1.54, 1.807) is 48.8 Å². The number of imide groups is 1. The van der Waals surface area contributed by atoms with Gasteiger partial charge in [0.2, 0.25) is 0 Å². The SMILES string of the molecule is O=C(COC(=O)COc1cccc(Br)c1)NCCN1C(=O)S/C(=C\c2cccnc2)C1=O. The van der Waals surface area contributed by atoms with Crippen LogP contribution in [0.3, 0.4) is 0 Å². The van der Waals surface area contributed by atoms with Crippen molar-refractivity contribution in [3.05, 3.63) is 63.7 Å². The predicted octanol–water partition coefficient (Wildman–Crippen LogP) is 2.62. The second kappa shape index (κ2) is 11.4. The molecule has 1 N–H and O–H groups in total. The highest BCUT2D eigenvalue weighted by Gasteiger charge is 2.34. The van der Waals surface area contributed by atoms with Crippen LogP contribution in [0, 0.1) is 0 Å². The summed E-state index contributed by atoms with van der Waals surface area (Å²) in [5.41, 5.74) is 0.706. The number of nitrogens with one attached hydrogen (secondary N) is 1. The highest BCUT2D eigenvalue weighted by Crippen LogP contribution is 2.31. The zero-order chi connectivity index (χ0) is 22.9. The second-order valence-electron chi connectivity index (χ2n) is 6.38. The molecule has 0 saturated carbocycles. The van der Waals surface area contributed by atoms with E-state index in [0.29, 0.717) is 11.3 Å². The van der Waals surface area contributed by atoms with Gasteiger partial charge in [0.05, 0.1) is 4.91 Å². The fourth-order valence-corrected chi connectivity index (χ4v) is 3.79. The molecule has 32 heavy (non-hydrogen) atoms. The number of carbonyl (C=O) groups is 4. The molecule has 0 spiro atoms. The molecule has 9 nitrogen and oxygen atoms in total. The summed E-state index contributed by atoms with van der Waals surface area (Å²) in [6.45, 7) is -0.808. The van der Waals surface area contributed by atoms with Gasteiger partial charge in [0.25, 0.3) is 17.1 Å². The Labute approximate surface area is 196 Å². The van der Waals surface area contributed by atoms with Crippen LogP contribution in [0.15, 0.2) is 58.2 Å². The molecule has 11 heteroatoms. The maximum atomic E-state index is 12.4. The zero-order valence-corrected chi connectivity index (χ0v) is 19.1. The minimum absolute atomic E-state index is 0.000723. The van der Waals surface area contributed by atoms with Gasteiger partial charge in [-0.15, -0.1) is 0 Å². The highest BCUT2D eigenvalue weighted by molar-refractivity contribution is 9.10. The number of esters is 1. The molecule has 1 aliphatic heterocycles. The van der Waals surface area contributed by atoms with Crippen molar-refractivity contribution >= 4 is 56.8 Å². The van der Waals surface area contributed by atoms with E-state index in [1.807, 2.05) is 6.07 Å². The number of ether oxygens (including phenoxy) is 2. The highest BCUT2D eigenvalue weighted by atomic mass is 79.9. The van der Waals surface area contributed by atoms with Crippen LogP contribution in [0.1, 0.15) is 5.56 Å². The van der Waals surface area contributed by atoms with Gasteiger partial charge in [-0.05, 0) is 47.7 Å². The first-order valence-corrected chi connectivity index (χ1v) is 11.0. The summed E-state index contributed by atoms with van der Waals surface area (Å²) in [4.78, 5) is 53.4. The van der Waals surface area contributed by atoms with Crippen LogP contribution >= 0.6 is 27.7 Å². The van der Waals surface area contributed by atoms with Crippen molar-refractivity contribution in [3.8, 4) is 5.75 Å². The van der Waals surface area contributed by atoms with E-state index in [-0.39, 0.29) is 24.6 Å². The number of aromatic nitrogens is 1. The van der Waals surface area contributed by atoms with E-state index >= 15 is 0 Å². The summed E-state index contributed by atoms with van der Waals surface area (Å²) in [5.74, 6) is -1.21.